The molecule has 0 aliphatic carbocycles. The Kier molecular flexibility index (Phi) is 5.85. The topological polar surface area (TPSA) is 83.5 Å². The fourth-order valence-electron chi connectivity index (χ4n) is 4.25. The van der Waals surface area contributed by atoms with Gasteiger partial charge in [-0.15, -0.1) is 10.2 Å². The lowest BCUT2D eigenvalue weighted by atomic mass is 10.0. The van der Waals surface area contributed by atoms with Gasteiger partial charge in [0.15, 0.2) is 11.6 Å². The summed E-state index contributed by atoms with van der Waals surface area (Å²) in [6, 6.07) is 24.3. The first kappa shape index (κ1) is 22.2. The molecule has 8 heteroatoms. The van der Waals surface area contributed by atoms with Gasteiger partial charge < -0.3 is 4.90 Å². The quantitative estimate of drug-likeness (QED) is 0.408. The predicted molar refractivity (Wildman–Crippen MR) is 132 cm³/mol. The summed E-state index contributed by atoms with van der Waals surface area (Å²) in [5.74, 6) is 0.636. The lowest BCUT2D eigenvalue weighted by molar-refractivity contribution is 0.101. The largest absolute Gasteiger partial charge is 0.352 e. The van der Waals surface area contributed by atoms with Crippen LogP contribution < -0.4 is 4.90 Å². The number of carbonyl (C=O) groups excluding carboxylic acids is 1. The van der Waals surface area contributed by atoms with Crippen LogP contribution >= 0.6 is 0 Å². The molecule has 0 spiro atoms. The highest BCUT2D eigenvalue weighted by Gasteiger charge is 2.29. The average Bonchev–Trinajstić information content (AvgIpc) is 2.88. The Morgan fingerprint density at radius 2 is 1.50 bits per heavy atom. The van der Waals surface area contributed by atoms with E-state index < -0.39 is 10.0 Å². The molecule has 1 aromatic heterocycles. The highest BCUT2D eigenvalue weighted by molar-refractivity contribution is 7.89. The third-order valence-electron chi connectivity index (χ3n) is 6.18. The molecule has 3 aromatic carbocycles. The molecule has 172 valence electrons. The van der Waals surface area contributed by atoms with Crippen molar-refractivity contribution >= 4 is 32.4 Å². The molecule has 0 N–H and O–H groups in total. The molecular weight excluding hydrogens is 448 g/mol. The summed E-state index contributed by atoms with van der Waals surface area (Å²) in [7, 11) is -3.61. The smallest absolute Gasteiger partial charge is 0.243 e. The van der Waals surface area contributed by atoms with Crippen LogP contribution in [-0.2, 0) is 10.0 Å². The second kappa shape index (κ2) is 8.96. The van der Waals surface area contributed by atoms with Gasteiger partial charge in [0.05, 0.1) is 10.6 Å². The van der Waals surface area contributed by atoms with E-state index in [0.29, 0.717) is 31.7 Å². The number of ketones is 1. The third kappa shape index (κ3) is 4.18. The molecule has 1 fully saturated rings. The number of benzene rings is 3. The SMILES string of the molecule is CC(=O)c1ccc(S(=O)(=O)N2CCN(c3ccc(-c4cccc5ccccc45)nn3)CC2)cc1. The standard InChI is InChI=1S/C26H24N4O3S/c1-19(31)20-9-11-22(12-10-20)34(32,33)30-17-15-29(16-18-30)26-14-13-25(27-28-26)24-8-4-6-21-5-2-3-7-23(21)24/h2-14H,15-18H2,1H3. The van der Waals surface area contributed by atoms with Crippen LogP contribution in [0.1, 0.15) is 17.3 Å². The highest BCUT2D eigenvalue weighted by Crippen LogP contribution is 2.28. The van der Waals surface area contributed by atoms with Crippen molar-refractivity contribution in [1.82, 2.24) is 14.5 Å². The molecule has 0 atom stereocenters. The van der Waals surface area contributed by atoms with Crippen molar-refractivity contribution in [3.63, 3.8) is 0 Å². The Labute approximate surface area is 198 Å². The Balaban J connectivity index is 1.29. The van der Waals surface area contributed by atoms with Crippen LogP contribution in [0.4, 0.5) is 5.82 Å². The molecule has 2 heterocycles. The van der Waals surface area contributed by atoms with E-state index in [1.807, 2.05) is 41.3 Å². The summed E-state index contributed by atoms with van der Waals surface area (Å²) in [5.41, 5.74) is 2.33. The van der Waals surface area contributed by atoms with Crippen molar-refractivity contribution < 1.29 is 13.2 Å². The summed E-state index contributed by atoms with van der Waals surface area (Å²) in [6.07, 6.45) is 0. The summed E-state index contributed by atoms with van der Waals surface area (Å²) < 4.78 is 27.5. The Hall–Kier alpha value is -3.62. The lowest BCUT2D eigenvalue weighted by Crippen LogP contribution is -2.49. The first-order valence-corrected chi connectivity index (χ1v) is 12.6. The predicted octanol–water partition coefficient (Wildman–Crippen LogP) is 4.01. The van der Waals surface area contributed by atoms with Crippen LogP contribution in [0.2, 0.25) is 0 Å². The Morgan fingerprint density at radius 1 is 0.794 bits per heavy atom. The maximum Gasteiger partial charge on any atom is 0.243 e. The summed E-state index contributed by atoms with van der Waals surface area (Å²) in [6.45, 7) is 3.20. The van der Waals surface area contributed by atoms with E-state index in [9.17, 15) is 13.2 Å². The molecule has 4 aromatic rings. The molecule has 5 rings (SSSR count). The number of sulfonamides is 1. The number of fused-ring (bicyclic) bond motifs is 1. The van der Waals surface area contributed by atoms with Gasteiger partial charge in [0.25, 0.3) is 0 Å². The van der Waals surface area contributed by atoms with Gasteiger partial charge in [-0.3, -0.25) is 4.79 Å². The lowest BCUT2D eigenvalue weighted by Gasteiger charge is -2.34. The van der Waals surface area contributed by atoms with E-state index in [1.54, 1.807) is 12.1 Å². The van der Waals surface area contributed by atoms with Crippen molar-refractivity contribution in [3.05, 3.63) is 84.4 Å². The molecular formula is C26H24N4O3S. The van der Waals surface area contributed by atoms with Crippen molar-refractivity contribution in [3.8, 4) is 11.3 Å². The first-order chi connectivity index (χ1) is 16.4. The molecule has 1 saturated heterocycles. The van der Waals surface area contributed by atoms with Crippen LogP contribution in [0.5, 0.6) is 0 Å². The number of aromatic nitrogens is 2. The van der Waals surface area contributed by atoms with Crippen LogP contribution in [-0.4, -0.2) is 54.9 Å². The van der Waals surface area contributed by atoms with E-state index in [0.717, 1.165) is 27.8 Å². The number of rotatable bonds is 5. The number of carbonyl (C=O) groups is 1. The van der Waals surface area contributed by atoms with Gasteiger partial charge in [-0.25, -0.2) is 8.42 Å². The van der Waals surface area contributed by atoms with E-state index in [-0.39, 0.29) is 10.7 Å². The summed E-state index contributed by atoms with van der Waals surface area (Å²) in [5, 5.41) is 11.2. The van der Waals surface area contributed by atoms with Gasteiger partial charge in [-0.05, 0) is 42.0 Å². The molecule has 0 bridgehead atoms. The zero-order valence-electron chi connectivity index (χ0n) is 18.8. The third-order valence-corrected chi connectivity index (χ3v) is 8.09. The van der Waals surface area contributed by atoms with Gasteiger partial charge in [0.1, 0.15) is 0 Å². The van der Waals surface area contributed by atoms with Crippen molar-refractivity contribution in [2.45, 2.75) is 11.8 Å². The fraction of sp³-hybridized carbons (Fsp3) is 0.192. The van der Waals surface area contributed by atoms with Gasteiger partial charge in [0.2, 0.25) is 10.0 Å². The fourth-order valence-corrected chi connectivity index (χ4v) is 5.68. The molecule has 0 unspecified atom stereocenters. The summed E-state index contributed by atoms with van der Waals surface area (Å²) >= 11 is 0. The van der Waals surface area contributed by atoms with Gasteiger partial charge in [0, 0.05) is 37.3 Å². The van der Waals surface area contributed by atoms with E-state index >= 15 is 0 Å². The van der Waals surface area contributed by atoms with E-state index in [2.05, 4.69) is 28.4 Å². The van der Waals surface area contributed by atoms with Crippen LogP contribution in [0.15, 0.2) is 83.8 Å². The minimum atomic E-state index is -3.61. The Bertz CT molecular complexity index is 1440. The number of anilines is 1. The minimum absolute atomic E-state index is 0.0925. The molecule has 0 saturated carbocycles. The van der Waals surface area contributed by atoms with E-state index in [1.165, 1.54) is 23.4 Å². The van der Waals surface area contributed by atoms with Crippen LogP contribution in [0, 0.1) is 0 Å². The Morgan fingerprint density at radius 3 is 2.18 bits per heavy atom. The monoisotopic (exact) mass is 472 g/mol. The van der Waals surface area contributed by atoms with Gasteiger partial charge >= 0.3 is 0 Å². The maximum absolute atomic E-state index is 13.0. The zero-order valence-corrected chi connectivity index (χ0v) is 19.6. The second-order valence-corrected chi connectivity index (χ2v) is 10.2. The number of nitrogens with zero attached hydrogens (tertiary/aromatic N) is 4. The molecule has 7 nitrogen and oxygen atoms in total. The number of hydrogen-bond donors (Lipinski definition) is 0. The number of Topliss-reactive ketones (excluding diaryl/α,β-unsaturated/α-hetero) is 1. The van der Waals surface area contributed by atoms with Crippen LogP contribution in [0.3, 0.4) is 0 Å². The van der Waals surface area contributed by atoms with Crippen molar-refractivity contribution in [2.75, 3.05) is 31.1 Å². The molecule has 1 aliphatic heterocycles. The molecule has 0 radical (unpaired) electrons. The molecule has 34 heavy (non-hydrogen) atoms. The second-order valence-electron chi connectivity index (χ2n) is 8.28. The number of hydrogen-bond acceptors (Lipinski definition) is 6. The van der Waals surface area contributed by atoms with E-state index in [4.69, 9.17) is 0 Å². The zero-order chi connectivity index (χ0) is 23.7. The maximum atomic E-state index is 13.0. The van der Waals surface area contributed by atoms with Crippen molar-refractivity contribution in [1.29, 1.82) is 0 Å². The van der Waals surface area contributed by atoms with Gasteiger partial charge in [-0.1, -0.05) is 54.6 Å². The minimum Gasteiger partial charge on any atom is -0.352 e. The van der Waals surface area contributed by atoms with Gasteiger partial charge in [-0.2, -0.15) is 4.31 Å². The van der Waals surface area contributed by atoms with Crippen LogP contribution in [0.25, 0.3) is 22.0 Å². The first-order valence-electron chi connectivity index (χ1n) is 11.1. The highest BCUT2D eigenvalue weighted by atomic mass is 32.2. The molecule has 1 aliphatic rings. The normalized spacial score (nSPS) is 14.9. The van der Waals surface area contributed by atoms with Crippen molar-refractivity contribution in [2.24, 2.45) is 0 Å². The average molecular weight is 473 g/mol. The summed E-state index contributed by atoms with van der Waals surface area (Å²) in [4.78, 5) is 13.7. The number of piperazine rings is 1. The molecule has 0 amide bonds.